The zero-order valence-electron chi connectivity index (χ0n) is 25.9. The first-order valence-corrected chi connectivity index (χ1v) is 16.6. The molecule has 1 aliphatic heterocycles. The molecule has 13 heteroatoms. The number of hydrogen-bond acceptors (Lipinski definition) is 7. The minimum absolute atomic E-state index is 0.173. The van der Waals surface area contributed by atoms with Crippen molar-refractivity contribution in [1.82, 2.24) is 9.80 Å². The van der Waals surface area contributed by atoms with Gasteiger partial charge in [-0.1, -0.05) is 19.1 Å². The Kier molecular flexibility index (Phi) is 12.5. The maximum Gasteiger partial charge on any atom is 0.416 e. The highest BCUT2D eigenvalue weighted by molar-refractivity contribution is 7.92. The van der Waals surface area contributed by atoms with Gasteiger partial charge in [0.05, 0.1) is 42.2 Å². The number of carbonyl (C=O) groups excluding carboxylic acids is 1. The Hall–Kier alpha value is -2.87. The molecule has 0 unspecified atom stereocenters. The summed E-state index contributed by atoms with van der Waals surface area (Å²) in [6.45, 7) is 6.84. The van der Waals surface area contributed by atoms with Gasteiger partial charge in [-0.3, -0.25) is 14.4 Å². The molecule has 0 saturated carbocycles. The fraction of sp³-hybridized carbons (Fsp3) is 0.581. The van der Waals surface area contributed by atoms with Crippen molar-refractivity contribution < 1.29 is 41.0 Å². The van der Waals surface area contributed by atoms with Crippen LogP contribution in [0.1, 0.15) is 61.5 Å². The maximum atomic E-state index is 14.1. The van der Waals surface area contributed by atoms with Crippen molar-refractivity contribution >= 4 is 21.6 Å². The molecular weight excluding hydrogens is 599 g/mol. The fourth-order valence-electron chi connectivity index (χ4n) is 5.15. The van der Waals surface area contributed by atoms with Crippen LogP contribution in [0.25, 0.3) is 0 Å². The van der Waals surface area contributed by atoms with Gasteiger partial charge in [0.2, 0.25) is 10.0 Å². The first kappa shape index (κ1) is 35.6. The monoisotopic (exact) mass is 643 g/mol. The number of benzene rings is 2. The molecule has 2 N–H and O–H groups in total. The number of anilines is 1. The minimum Gasteiger partial charge on any atom is -0.490 e. The predicted octanol–water partition coefficient (Wildman–Crippen LogP) is 5.00. The number of carbonyl (C=O) groups is 1. The molecule has 1 aliphatic rings. The van der Waals surface area contributed by atoms with Gasteiger partial charge in [-0.15, -0.1) is 0 Å². The van der Waals surface area contributed by atoms with E-state index in [0.29, 0.717) is 31.9 Å². The summed E-state index contributed by atoms with van der Waals surface area (Å²) < 4.78 is 77.7. The molecule has 0 saturated heterocycles. The van der Waals surface area contributed by atoms with Crippen LogP contribution in [0.4, 0.5) is 18.9 Å². The number of rotatable bonds is 8. The molecule has 9 nitrogen and oxygen atoms in total. The van der Waals surface area contributed by atoms with E-state index in [0.717, 1.165) is 36.8 Å². The molecule has 1 heterocycles. The summed E-state index contributed by atoms with van der Waals surface area (Å²) in [5.41, 5.74) is 0.415. The van der Waals surface area contributed by atoms with E-state index in [-0.39, 0.29) is 42.5 Å². The molecule has 0 aliphatic carbocycles. The highest BCUT2D eigenvalue weighted by Crippen LogP contribution is 2.30. The van der Waals surface area contributed by atoms with Crippen molar-refractivity contribution in [3.05, 3.63) is 59.2 Å². The third-order valence-electron chi connectivity index (χ3n) is 7.58. The zero-order valence-corrected chi connectivity index (χ0v) is 26.7. The normalized spacial score (nSPS) is 21.7. The summed E-state index contributed by atoms with van der Waals surface area (Å²) in [4.78, 5) is 17.6. The number of amides is 1. The van der Waals surface area contributed by atoms with Crippen molar-refractivity contribution in [3.8, 4) is 5.75 Å². The van der Waals surface area contributed by atoms with Crippen molar-refractivity contribution in [1.29, 1.82) is 0 Å². The number of aliphatic hydroxyl groups is 1. The topological polar surface area (TPSA) is 108 Å². The molecule has 246 valence electrons. The Labute approximate surface area is 258 Å². The number of halogens is 3. The van der Waals surface area contributed by atoms with Crippen LogP contribution in [0.2, 0.25) is 0 Å². The van der Waals surface area contributed by atoms with Crippen LogP contribution in [0.3, 0.4) is 0 Å². The SMILES string of the molecule is C[C@@H]1CCCCO[C@H](CN(C)Cc2ccc(C(F)(F)F)cc2)[C@H](C)CN([C@H](C)CO)C(=O)c2cc(NS(C)(=O)=O)ccc2O1. The summed E-state index contributed by atoms with van der Waals surface area (Å²) in [6.07, 6.45) is -1.64. The molecule has 1 amide bonds. The average Bonchev–Trinajstić information content (AvgIpc) is 2.93. The number of nitrogens with one attached hydrogen (secondary N) is 1. The van der Waals surface area contributed by atoms with Gasteiger partial charge in [-0.25, -0.2) is 8.42 Å². The maximum absolute atomic E-state index is 14.1. The van der Waals surface area contributed by atoms with E-state index in [9.17, 15) is 31.5 Å². The van der Waals surface area contributed by atoms with Crippen LogP contribution in [-0.4, -0.2) is 87.1 Å². The summed E-state index contributed by atoms with van der Waals surface area (Å²) >= 11 is 0. The molecule has 44 heavy (non-hydrogen) atoms. The lowest BCUT2D eigenvalue weighted by molar-refractivity contribution is -0.137. The number of ether oxygens (including phenoxy) is 2. The second kappa shape index (κ2) is 15.4. The lowest BCUT2D eigenvalue weighted by Gasteiger charge is -2.36. The van der Waals surface area contributed by atoms with Crippen LogP contribution < -0.4 is 9.46 Å². The second-order valence-corrected chi connectivity index (χ2v) is 13.5. The van der Waals surface area contributed by atoms with E-state index >= 15 is 0 Å². The lowest BCUT2D eigenvalue weighted by Crippen LogP contribution is -2.47. The quantitative estimate of drug-likeness (QED) is 0.417. The summed E-state index contributed by atoms with van der Waals surface area (Å²) in [5.74, 6) is -0.302. The first-order valence-electron chi connectivity index (χ1n) is 14.7. The second-order valence-electron chi connectivity index (χ2n) is 11.8. The fourth-order valence-corrected chi connectivity index (χ4v) is 5.70. The van der Waals surface area contributed by atoms with Crippen LogP contribution in [0.5, 0.6) is 5.75 Å². The third-order valence-corrected chi connectivity index (χ3v) is 8.19. The van der Waals surface area contributed by atoms with Gasteiger partial charge in [-0.05, 0) is 76.1 Å². The van der Waals surface area contributed by atoms with Gasteiger partial charge < -0.3 is 19.5 Å². The van der Waals surface area contributed by atoms with Gasteiger partial charge >= 0.3 is 6.18 Å². The Balaban J connectivity index is 1.88. The van der Waals surface area contributed by atoms with E-state index < -0.39 is 33.7 Å². The molecule has 0 bridgehead atoms. The summed E-state index contributed by atoms with van der Waals surface area (Å²) in [6, 6.07) is 9.08. The minimum atomic E-state index is -4.40. The number of likely N-dealkylation sites (N-methyl/N-ethyl adjacent to an activating group) is 1. The highest BCUT2D eigenvalue weighted by atomic mass is 32.2. The summed E-state index contributed by atoms with van der Waals surface area (Å²) in [7, 11) is -1.74. The standard InChI is InChI=1S/C31H44F3N3O6S/c1-21-17-37(22(2)20-38)30(39)27-16-26(35-44(5,40)41)13-14-28(27)43-23(3)8-6-7-15-42-29(21)19-36(4)18-24-9-11-25(12-10-24)31(32,33)34/h9-14,16,21-23,29,35,38H,6-8,15,17-20H2,1-5H3/t21-,22-,23-,29-/m1/s1. The van der Waals surface area contributed by atoms with Gasteiger partial charge in [0.15, 0.2) is 0 Å². The third kappa shape index (κ3) is 10.6. The number of fused-ring (bicyclic) bond motifs is 1. The number of alkyl halides is 3. The Morgan fingerprint density at radius 3 is 2.43 bits per heavy atom. The predicted molar refractivity (Wildman–Crippen MR) is 163 cm³/mol. The number of sulfonamides is 1. The van der Waals surface area contributed by atoms with E-state index in [4.69, 9.17) is 9.47 Å². The van der Waals surface area contributed by atoms with Gasteiger partial charge in [-0.2, -0.15) is 13.2 Å². The molecule has 0 spiro atoms. The molecule has 2 aromatic carbocycles. The molecule has 3 rings (SSSR count). The van der Waals surface area contributed by atoms with Gasteiger partial charge in [0.25, 0.3) is 5.91 Å². The average molecular weight is 644 g/mol. The van der Waals surface area contributed by atoms with Gasteiger partial charge in [0, 0.05) is 37.8 Å². The van der Waals surface area contributed by atoms with Crippen LogP contribution in [-0.2, 0) is 27.5 Å². The molecule has 0 radical (unpaired) electrons. The molecular formula is C31H44F3N3O6S. The van der Waals surface area contributed by atoms with E-state index in [1.165, 1.54) is 18.2 Å². The van der Waals surface area contributed by atoms with Crippen LogP contribution in [0.15, 0.2) is 42.5 Å². The van der Waals surface area contributed by atoms with Crippen LogP contribution >= 0.6 is 0 Å². The van der Waals surface area contributed by atoms with Crippen molar-refractivity contribution in [2.24, 2.45) is 5.92 Å². The largest absolute Gasteiger partial charge is 0.490 e. The Bertz CT molecular complexity index is 1340. The Morgan fingerprint density at radius 2 is 1.82 bits per heavy atom. The van der Waals surface area contributed by atoms with Crippen molar-refractivity contribution in [2.45, 2.75) is 71.0 Å². The first-order chi connectivity index (χ1) is 20.6. The zero-order chi connectivity index (χ0) is 32.7. The van der Waals surface area contributed by atoms with E-state index in [1.54, 1.807) is 24.0 Å². The number of nitrogens with zero attached hydrogens (tertiary/aromatic N) is 2. The number of hydrogen-bond donors (Lipinski definition) is 2. The number of aliphatic hydroxyl groups excluding tert-OH is 1. The molecule has 4 atom stereocenters. The highest BCUT2D eigenvalue weighted by Gasteiger charge is 2.31. The molecule has 0 fully saturated rings. The molecule has 0 aromatic heterocycles. The molecule has 2 aromatic rings. The van der Waals surface area contributed by atoms with Gasteiger partial charge in [0.1, 0.15) is 5.75 Å². The van der Waals surface area contributed by atoms with E-state index in [1.807, 2.05) is 25.8 Å². The summed E-state index contributed by atoms with van der Waals surface area (Å²) in [5, 5.41) is 10.1. The lowest BCUT2D eigenvalue weighted by atomic mass is 10.0. The van der Waals surface area contributed by atoms with Crippen molar-refractivity contribution in [2.75, 3.05) is 44.3 Å². The van der Waals surface area contributed by atoms with Crippen molar-refractivity contribution in [3.63, 3.8) is 0 Å². The van der Waals surface area contributed by atoms with E-state index in [2.05, 4.69) is 4.72 Å². The smallest absolute Gasteiger partial charge is 0.416 e. The Morgan fingerprint density at radius 1 is 1.14 bits per heavy atom. The van der Waals surface area contributed by atoms with Crippen LogP contribution in [0, 0.1) is 5.92 Å².